The van der Waals surface area contributed by atoms with Crippen molar-refractivity contribution in [2.45, 2.75) is 13.5 Å². The minimum Gasteiger partial charge on any atom is -0.487 e. The van der Waals surface area contributed by atoms with Crippen LogP contribution in [0.2, 0.25) is 0 Å². The number of para-hydroxylation sites is 1. The van der Waals surface area contributed by atoms with E-state index < -0.39 is 11.4 Å². The van der Waals surface area contributed by atoms with E-state index in [9.17, 15) is 9.59 Å². The molecular weight excluding hydrogens is 434 g/mol. The fourth-order valence-corrected chi connectivity index (χ4v) is 3.17. The van der Waals surface area contributed by atoms with Crippen LogP contribution >= 0.6 is 15.9 Å². The third-order valence-corrected chi connectivity index (χ3v) is 4.72. The van der Waals surface area contributed by atoms with E-state index >= 15 is 0 Å². The maximum absolute atomic E-state index is 12.2. The summed E-state index contributed by atoms with van der Waals surface area (Å²) in [6.45, 7) is 2.35. The van der Waals surface area contributed by atoms with Crippen molar-refractivity contribution in [3.63, 3.8) is 0 Å². The van der Waals surface area contributed by atoms with E-state index in [1.807, 2.05) is 54.6 Å². The van der Waals surface area contributed by atoms with Crippen LogP contribution in [0.5, 0.6) is 5.75 Å². The van der Waals surface area contributed by atoms with Gasteiger partial charge in [-0.1, -0.05) is 42.5 Å². The van der Waals surface area contributed by atoms with Crippen LogP contribution in [0.4, 0.5) is 0 Å². The highest BCUT2D eigenvalue weighted by atomic mass is 79.9. The number of halogens is 1. The van der Waals surface area contributed by atoms with E-state index in [2.05, 4.69) is 20.9 Å². The summed E-state index contributed by atoms with van der Waals surface area (Å²) in [7, 11) is 0. The molecule has 0 aliphatic heterocycles. The number of carbonyl (C=O) groups is 1. The monoisotopic (exact) mass is 453 g/mol. The highest BCUT2D eigenvalue weighted by molar-refractivity contribution is 9.10. The van der Waals surface area contributed by atoms with Gasteiger partial charge in [0.15, 0.2) is 5.43 Å². The van der Waals surface area contributed by atoms with Crippen molar-refractivity contribution in [1.29, 1.82) is 0 Å². The van der Waals surface area contributed by atoms with Crippen LogP contribution in [0.25, 0.3) is 12.2 Å². The number of carbonyl (C=O) groups excluding carboxylic acids is 1. The first-order valence-corrected chi connectivity index (χ1v) is 9.91. The van der Waals surface area contributed by atoms with Crippen molar-refractivity contribution < 1.29 is 14.3 Å². The summed E-state index contributed by atoms with van der Waals surface area (Å²) in [6.07, 6.45) is 4.97. The predicted molar refractivity (Wildman–Crippen MR) is 117 cm³/mol. The number of aromatic nitrogens is 1. The largest absolute Gasteiger partial charge is 0.487 e. The summed E-state index contributed by atoms with van der Waals surface area (Å²) < 4.78 is 11.7. The third-order valence-electron chi connectivity index (χ3n) is 4.10. The molecule has 0 radical (unpaired) electrons. The molecule has 0 spiro atoms. The van der Waals surface area contributed by atoms with Crippen LogP contribution in [0.15, 0.2) is 70.1 Å². The van der Waals surface area contributed by atoms with Gasteiger partial charge < -0.3 is 14.5 Å². The molecule has 0 fully saturated rings. The third kappa shape index (κ3) is 5.45. The van der Waals surface area contributed by atoms with E-state index in [0.29, 0.717) is 18.1 Å². The molecule has 3 aromatic rings. The van der Waals surface area contributed by atoms with Gasteiger partial charge in [0.2, 0.25) is 0 Å². The Labute approximate surface area is 177 Å². The zero-order valence-electron chi connectivity index (χ0n) is 15.9. The Bertz CT molecular complexity index is 1070. The van der Waals surface area contributed by atoms with Gasteiger partial charge in [0.25, 0.3) is 0 Å². The molecule has 0 bridgehead atoms. The standard InChI is InChI=1S/C23H20BrNO4/c1-2-28-23(27)19-14-25-18(13-21(19)26)12-11-17-9-6-10-20(24)22(17)29-15-16-7-4-3-5-8-16/h3-14H,2,15H2,1H3,(H,25,26). The van der Waals surface area contributed by atoms with Gasteiger partial charge in [-0.05, 0) is 46.6 Å². The molecule has 0 saturated heterocycles. The molecule has 0 aliphatic rings. The number of pyridine rings is 1. The second kappa shape index (κ2) is 9.89. The normalized spacial score (nSPS) is 10.8. The van der Waals surface area contributed by atoms with Gasteiger partial charge in [-0.2, -0.15) is 0 Å². The number of hydrogen-bond acceptors (Lipinski definition) is 4. The maximum atomic E-state index is 12.2. The molecule has 0 amide bonds. The van der Waals surface area contributed by atoms with Crippen LogP contribution in [0.1, 0.15) is 34.1 Å². The van der Waals surface area contributed by atoms with Crippen molar-refractivity contribution in [1.82, 2.24) is 4.98 Å². The SMILES string of the molecule is CCOC(=O)c1c[nH]c(C=Cc2cccc(Br)c2OCc2ccccc2)cc1=O. The van der Waals surface area contributed by atoms with Crippen LogP contribution in [-0.2, 0) is 11.3 Å². The lowest BCUT2D eigenvalue weighted by Crippen LogP contribution is -2.17. The van der Waals surface area contributed by atoms with E-state index in [1.54, 1.807) is 13.0 Å². The Hall–Kier alpha value is -3.12. The molecule has 1 aromatic heterocycles. The van der Waals surface area contributed by atoms with Crippen LogP contribution < -0.4 is 10.2 Å². The number of benzene rings is 2. The molecule has 0 saturated carbocycles. The number of hydrogen-bond donors (Lipinski definition) is 1. The van der Waals surface area contributed by atoms with E-state index in [-0.39, 0.29) is 12.2 Å². The second-order valence-electron chi connectivity index (χ2n) is 6.15. The molecule has 0 unspecified atom stereocenters. The smallest absolute Gasteiger partial charge is 0.343 e. The molecule has 1 heterocycles. The number of H-pyrrole nitrogens is 1. The van der Waals surface area contributed by atoms with Crippen LogP contribution in [-0.4, -0.2) is 17.6 Å². The van der Waals surface area contributed by atoms with E-state index in [0.717, 1.165) is 15.6 Å². The Morgan fingerprint density at radius 2 is 1.90 bits per heavy atom. The molecule has 3 rings (SSSR count). The molecule has 0 atom stereocenters. The van der Waals surface area contributed by atoms with Gasteiger partial charge >= 0.3 is 5.97 Å². The highest BCUT2D eigenvalue weighted by Gasteiger charge is 2.11. The fourth-order valence-electron chi connectivity index (χ4n) is 2.67. The van der Waals surface area contributed by atoms with Gasteiger partial charge in [-0.25, -0.2) is 4.79 Å². The van der Waals surface area contributed by atoms with Crippen molar-refractivity contribution >= 4 is 34.1 Å². The first-order chi connectivity index (χ1) is 14.1. The summed E-state index contributed by atoms with van der Waals surface area (Å²) in [5.74, 6) is 0.0750. The Morgan fingerprint density at radius 3 is 2.62 bits per heavy atom. The van der Waals surface area contributed by atoms with Crippen LogP contribution in [0, 0.1) is 0 Å². The van der Waals surface area contributed by atoms with Crippen molar-refractivity contribution in [2.75, 3.05) is 6.61 Å². The first-order valence-electron chi connectivity index (χ1n) is 9.11. The molecule has 148 valence electrons. The summed E-state index contributed by atoms with van der Waals surface area (Å²) >= 11 is 3.53. The lowest BCUT2D eigenvalue weighted by Gasteiger charge is -2.11. The number of esters is 1. The lowest BCUT2D eigenvalue weighted by atomic mass is 10.1. The van der Waals surface area contributed by atoms with Gasteiger partial charge in [-0.15, -0.1) is 0 Å². The van der Waals surface area contributed by atoms with E-state index in [4.69, 9.17) is 9.47 Å². The molecule has 6 heteroatoms. The van der Waals surface area contributed by atoms with Crippen LogP contribution in [0.3, 0.4) is 0 Å². The molecular formula is C23H20BrNO4. The average molecular weight is 454 g/mol. The zero-order valence-corrected chi connectivity index (χ0v) is 17.4. The van der Waals surface area contributed by atoms with Gasteiger partial charge in [0.05, 0.1) is 11.1 Å². The maximum Gasteiger partial charge on any atom is 0.343 e. The summed E-state index contributed by atoms with van der Waals surface area (Å²) in [6, 6.07) is 17.0. The summed E-state index contributed by atoms with van der Waals surface area (Å²) in [5, 5.41) is 0. The second-order valence-corrected chi connectivity index (χ2v) is 7.01. The summed E-state index contributed by atoms with van der Waals surface area (Å²) in [4.78, 5) is 26.8. The first kappa shape index (κ1) is 20.6. The molecule has 2 aromatic carbocycles. The number of rotatable bonds is 7. The number of aromatic amines is 1. The fraction of sp³-hybridized carbons (Fsp3) is 0.130. The number of nitrogens with one attached hydrogen (secondary N) is 1. The predicted octanol–water partition coefficient (Wildman–Crippen LogP) is 5.06. The Morgan fingerprint density at radius 1 is 1.10 bits per heavy atom. The summed E-state index contributed by atoms with van der Waals surface area (Å²) in [5.41, 5.74) is 2.08. The Balaban J connectivity index is 1.80. The van der Waals surface area contributed by atoms with Crippen molar-refractivity contribution in [2.24, 2.45) is 0 Å². The zero-order chi connectivity index (χ0) is 20.6. The van der Waals surface area contributed by atoms with Gasteiger partial charge in [-0.3, -0.25) is 4.79 Å². The average Bonchev–Trinajstić information content (AvgIpc) is 2.72. The molecule has 1 N–H and O–H groups in total. The minimum atomic E-state index is -0.632. The number of ether oxygens (including phenoxy) is 2. The van der Waals surface area contributed by atoms with Crippen molar-refractivity contribution in [3.8, 4) is 5.75 Å². The molecule has 0 aliphatic carbocycles. The topological polar surface area (TPSA) is 68.4 Å². The Kier molecular flexibility index (Phi) is 7.03. The van der Waals surface area contributed by atoms with E-state index in [1.165, 1.54) is 12.3 Å². The highest BCUT2D eigenvalue weighted by Crippen LogP contribution is 2.31. The molecule has 5 nitrogen and oxygen atoms in total. The van der Waals surface area contributed by atoms with Gasteiger partial charge in [0, 0.05) is 23.5 Å². The lowest BCUT2D eigenvalue weighted by molar-refractivity contribution is 0.0524. The van der Waals surface area contributed by atoms with Gasteiger partial charge in [0.1, 0.15) is 17.9 Å². The quantitative estimate of drug-likeness (QED) is 0.507. The molecule has 29 heavy (non-hydrogen) atoms. The van der Waals surface area contributed by atoms with Crippen molar-refractivity contribution in [3.05, 3.63) is 97.9 Å². The minimum absolute atomic E-state index is 0.0154.